The number of hydrogen-bond donors (Lipinski definition) is 0. The SMILES string of the molecule is C=C/C=C(\C)c1ccc2c(c1)c1ccccc1n2-c1ccccc1. The van der Waals surface area contributed by atoms with Gasteiger partial charge in [0.15, 0.2) is 0 Å². The Morgan fingerprint density at radius 2 is 1.54 bits per heavy atom. The van der Waals surface area contributed by atoms with Gasteiger partial charge >= 0.3 is 0 Å². The van der Waals surface area contributed by atoms with Crippen LogP contribution in [0.25, 0.3) is 33.1 Å². The first-order chi connectivity index (χ1) is 11.8. The van der Waals surface area contributed by atoms with E-state index >= 15 is 0 Å². The minimum atomic E-state index is 1.19. The molecule has 0 atom stereocenters. The van der Waals surface area contributed by atoms with Crippen LogP contribution in [0.15, 0.2) is 91.5 Å². The molecule has 3 aromatic carbocycles. The predicted octanol–water partition coefficient (Wildman–Crippen LogP) is 6.37. The van der Waals surface area contributed by atoms with Crippen molar-refractivity contribution in [2.24, 2.45) is 0 Å². The van der Waals surface area contributed by atoms with Crippen molar-refractivity contribution in [3.8, 4) is 5.69 Å². The van der Waals surface area contributed by atoms with Crippen molar-refractivity contribution < 1.29 is 0 Å². The Morgan fingerprint density at radius 3 is 2.33 bits per heavy atom. The van der Waals surface area contributed by atoms with Crippen LogP contribution in [0.4, 0.5) is 0 Å². The average Bonchev–Trinajstić information content (AvgIpc) is 2.96. The zero-order valence-corrected chi connectivity index (χ0v) is 13.7. The second-order valence-corrected chi connectivity index (χ2v) is 6.01. The number of benzene rings is 3. The van der Waals surface area contributed by atoms with Crippen LogP contribution in [0.2, 0.25) is 0 Å². The highest BCUT2D eigenvalue weighted by Gasteiger charge is 2.12. The smallest absolute Gasteiger partial charge is 0.0541 e. The first kappa shape index (κ1) is 14.5. The molecule has 0 N–H and O–H groups in total. The lowest BCUT2D eigenvalue weighted by Gasteiger charge is -2.08. The number of para-hydroxylation sites is 2. The molecule has 0 saturated heterocycles. The fourth-order valence-corrected chi connectivity index (χ4v) is 3.35. The lowest BCUT2D eigenvalue weighted by Crippen LogP contribution is -1.92. The molecule has 1 heteroatoms. The summed E-state index contributed by atoms with van der Waals surface area (Å²) in [5.41, 5.74) is 6.12. The van der Waals surface area contributed by atoms with E-state index in [4.69, 9.17) is 0 Å². The van der Waals surface area contributed by atoms with Gasteiger partial charge in [-0.25, -0.2) is 0 Å². The van der Waals surface area contributed by atoms with Gasteiger partial charge in [0.25, 0.3) is 0 Å². The molecule has 0 aliphatic heterocycles. The Morgan fingerprint density at radius 1 is 0.833 bits per heavy atom. The van der Waals surface area contributed by atoms with E-state index in [0.717, 1.165) is 0 Å². The molecule has 24 heavy (non-hydrogen) atoms. The normalized spacial score (nSPS) is 12.0. The summed E-state index contributed by atoms with van der Waals surface area (Å²) in [6.07, 6.45) is 3.89. The molecular weight excluding hydrogens is 290 g/mol. The van der Waals surface area contributed by atoms with E-state index in [1.807, 2.05) is 6.08 Å². The van der Waals surface area contributed by atoms with Crippen LogP contribution in [0.3, 0.4) is 0 Å². The van der Waals surface area contributed by atoms with E-state index in [-0.39, 0.29) is 0 Å². The highest BCUT2D eigenvalue weighted by Crippen LogP contribution is 2.33. The van der Waals surface area contributed by atoms with Crippen molar-refractivity contribution in [1.82, 2.24) is 4.57 Å². The molecule has 116 valence electrons. The number of rotatable bonds is 3. The van der Waals surface area contributed by atoms with Gasteiger partial charge in [0.1, 0.15) is 0 Å². The number of fused-ring (bicyclic) bond motifs is 3. The van der Waals surface area contributed by atoms with E-state index in [0.29, 0.717) is 0 Å². The lowest BCUT2D eigenvalue weighted by molar-refractivity contribution is 1.18. The topological polar surface area (TPSA) is 4.93 Å². The molecule has 1 nitrogen and oxygen atoms in total. The molecule has 1 aromatic heterocycles. The molecule has 1 heterocycles. The Kier molecular flexibility index (Phi) is 3.55. The third-order valence-electron chi connectivity index (χ3n) is 4.51. The van der Waals surface area contributed by atoms with Gasteiger partial charge in [-0.2, -0.15) is 0 Å². The maximum atomic E-state index is 3.80. The van der Waals surface area contributed by atoms with Crippen LogP contribution in [-0.2, 0) is 0 Å². The van der Waals surface area contributed by atoms with E-state index in [1.165, 1.54) is 38.6 Å². The fraction of sp³-hybridized carbons (Fsp3) is 0.0435. The summed E-state index contributed by atoms with van der Waals surface area (Å²) in [5.74, 6) is 0. The van der Waals surface area contributed by atoms with Crippen molar-refractivity contribution in [2.75, 3.05) is 0 Å². The first-order valence-corrected chi connectivity index (χ1v) is 8.18. The second-order valence-electron chi connectivity index (χ2n) is 6.01. The zero-order valence-electron chi connectivity index (χ0n) is 13.7. The van der Waals surface area contributed by atoms with Crippen molar-refractivity contribution in [3.05, 3.63) is 97.1 Å². The van der Waals surface area contributed by atoms with Crippen LogP contribution in [0.1, 0.15) is 12.5 Å². The molecule has 0 amide bonds. The van der Waals surface area contributed by atoms with Gasteiger partial charge in [-0.05, 0) is 48.4 Å². The van der Waals surface area contributed by atoms with Gasteiger partial charge in [0, 0.05) is 16.5 Å². The molecule has 0 radical (unpaired) electrons. The van der Waals surface area contributed by atoms with Crippen molar-refractivity contribution in [3.63, 3.8) is 0 Å². The van der Waals surface area contributed by atoms with Crippen molar-refractivity contribution >= 4 is 27.4 Å². The van der Waals surface area contributed by atoms with Crippen LogP contribution >= 0.6 is 0 Å². The van der Waals surface area contributed by atoms with Gasteiger partial charge in [0.05, 0.1) is 11.0 Å². The third kappa shape index (κ3) is 2.26. The summed E-state index contributed by atoms with van der Waals surface area (Å²) in [5, 5.41) is 2.56. The molecule has 0 aliphatic carbocycles. The Labute approximate surface area is 142 Å². The zero-order chi connectivity index (χ0) is 16.5. The molecule has 0 bridgehead atoms. The van der Waals surface area contributed by atoms with E-state index in [9.17, 15) is 0 Å². The van der Waals surface area contributed by atoms with Crippen LogP contribution in [-0.4, -0.2) is 4.57 Å². The third-order valence-corrected chi connectivity index (χ3v) is 4.51. The van der Waals surface area contributed by atoms with E-state index < -0.39 is 0 Å². The van der Waals surface area contributed by atoms with Crippen LogP contribution < -0.4 is 0 Å². The Hall–Kier alpha value is -3.06. The first-order valence-electron chi connectivity index (χ1n) is 8.18. The van der Waals surface area contributed by atoms with Gasteiger partial charge < -0.3 is 4.57 Å². The predicted molar refractivity (Wildman–Crippen MR) is 105 cm³/mol. The van der Waals surface area contributed by atoms with Crippen molar-refractivity contribution in [2.45, 2.75) is 6.92 Å². The number of hydrogen-bond acceptors (Lipinski definition) is 0. The number of nitrogens with zero attached hydrogens (tertiary/aromatic N) is 1. The largest absolute Gasteiger partial charge is 0.309 e. The minimum absolute atomic E-state index is 1.19. The van der Waals surface area contributed by atoms with Gasteiger partial charge in [-0.1, -0.05) is 61.2 Å². The summed E-state index contributed by atoms with van der Waals surface area (Å²) in [6.45, 7) is 5.93. The summed E-state index contributed by atoms with van der Waals surface area (Å²) in [6, 6.07) is 25.8. The Balaban J connectivity index is 2.09. The highest BCUT2D eigenvalue weighted by atomic mass is 15.0. The highest BCUT2D eigenvalue weighted by molar-refractivity contribution is 6.10. The van der Waals surface area contributed by atoms with Crippen LogP contribution in [0.5, 0.6) is 0 Å². The fourth-order valence-electron chi connectivity index (χ4n) is 3.35. The second kappa shape index (κ2) is 5.86. The molecule has 4 aromatic rings. The van der Waals surface area contributed by atoms with E-state index in [1.54, 1.807) is 0 Å². The van der Waals surface area contributed by atoms with E-state index in [2.05, 4.69) is 96.9 Å². The summed E-state index contributed by atoms with van der Waals surface area (Å²) in [7, 11) is 0. The summed E-state index contributed by atoms with van der Waals surface area (Å²) in [4.78, 5) is 0. The quantitative estimate of drug-likeness (QED) is 0.387. The molecular formula is C23H19N. The molecule has 0 aliphatic rings. The van der Waals surface area contributed by atoms with Gasteiger partial charge in [0.2, 0.25) is 0 Å². The molecule has 4 rings (SSSR count). The monoisotopic (exact) mass is 309 g/mol. The standard InChI is InChI=1S/C23H19N/c1-3-9-17(2)18-14-15-23-21(16-18)20-12-7-8-13-22(20)24(23)19-10-5-4-6-11-19/h3-16H,1H2,2H3/b17-9+. The van der Waals surface area contributed by atoms with Crippen LogP contribution in [0, 0.1) is 0 Å². The number of aromatic nitrogens is 1. The summed E-state index contributed by atoms with van der Waals surface area (Å²) >= 11 is 0. The Bertz CT molecular complexity index is 1070. The maximum absolute atomic E-state index is 3.80. The summed E-state index contributed by atoms with van der Waals surface area (Å²) < 4.78 is 2.33. The lowest BCUT2D eigenvalue weighted by atomic mass is 10.0. The number of allylic oxidation sites excluding steroid dienone is 3. The molecule has 0 fully saturated rings. The average molecular weight is 309 g/mol. The maximum Gasteiger partial charge on any atom is 0.0541 e. The van der Waals surface area contributed by atoms with Gasteiger partial charge in [-0.15, -0.1) is 0 Å². The molecule has 0 saturated carbocycles. The molecule has 0 unspecified atom stereocenters. The molecule has 0 spiro atoms. The van der Waals surface area contributed by atoms with Crippen molar-refractivity contribution in [1.29, 1.82) is 0 Å². The van der Waals surface area contributed by atoms with Gasteiger partial charge in [-0.3, -0.25) is 0 Å². The minimum Gasteiger partial charge on any atom is -0.309 e.